The maximum absolute atomic E-state index is 11.7. The number of carbonyl (C=O) groups excluding carboxylic acids is 1. The highest BCUT2D eigenvalue weighted by atomic mass is 16.6. The highest BCUT2D eigenvalue weighted by Crippen LogP contribution is 2.34. The molecule has 1 rings (SSSR count). The largest absolute Gasteiger partial charge is 0.356 e. The molecule has 1 aliphatic rings. The summed E-state index contributed by atoms with van der Waals surface area (Å²) in [5.74, 6) is 0.744. The fourth-order valence-electron chi connectivity index (χ4n) is 3.11. The average molecular weight is 252 g/mol. The van der Waals surface area contributed by atoms with Gasteiger partial charge < -0.3 is 4.84 Å². The van der Waals surface area contributed by atoms with Crippen LogP contribution in [0, 0.1) is 18.4 Å². The van der Waals surface area contributed by atoms with Crippen molar-refractivity contribution in [3.8, 4) is 12.5 Å². The molecule has 4 unspecified atom stereocenters. The Labute approximate surface area is 110 Å². The van der Waals surface area contributed by atoms with Crippen molar-refractivity contribution in [2.24, 2.45) is 5.92 Å². The maximum Gasteiger partial charge on any atom is 0.146 e. The SMILES string of the molecule is C#CONC(CC)C1C(CC)CC(C(C)=O)N1C. The first-order valence-electron chi connectivity index (χ1n) is 6.66. The van der Waals surface area contributed by atoms with E-state index in [0.29, 0.717) is 12.0 Å². The summed E-state index contributed by atoms with van der Waals surface area (Å²) in [5, 5.41) is 0. The Morgan fingerprint density at radius 1 is 1.61 bits per heavy atom. The van der Waals surface area contributed by atoms with Crippen LogP contribution in [0.15, 0.2) is 0 Å². The maximum atomic E-state index is 11.7. The van der Waals surface area contributed by atoms with E-state index in [0.717, 1.165) is 19.3 Å². The topological polar surface area (TPSA) is 41.6 Å². The zero-order valence-electron chi connectivity index (χ0n) is 11.8. The van der Waals surface area contributed by atoms with Gasteiger partial charge in [0.15, 0.2) is 0 Å². The molecule has 1 aliphatic heterocycles. The van der Waals surface area contributed by atoms with E-state index in [1.54, 1.807) is 6.92 Å². The average Bonchev–Trinajstić information content (AvgIpc) is 2.68. The smallest absolute Gasteiger partial charge is 0.146 e. The van der Waals surface area contributed by atoms with Gasteiger partial charge in [-0.1, -0.05) is 26.7 Å². The van der Waals surface area contributed by atoms with Gasteiger partial charge in [0.25, 0.3) is 0 Å². The van der Waals surface area contributed by atoms with Gasteiger partial charge in [0, 0.05) is 6.04 Å². The number of likely N-dealkylation sites (tertiary alicyclic amines) is 1. The number of ketones is 1. The Hall–Kier alpha value is -1.05. The molecule has 0 aliphatic carbocycles. The summed E-state index contributed by atoms with van der Waals surface area (Å²) in [6.45, 7) is 5.94. The van der Waals surface area contributed by atoms with Crippen LogP contribution in [0.1, 0.15) is 40.0 Å². The zero-order chi connectivity index (χ0) is 13.7. The molecular weight excluding hydrogens is 228 g/mol. The Balaban J connectivity index is 2.82. The normalized spacial score (nSPS) is 29.8. The van der Waals surface area contributed by atoms with Crippen molar-refractivity contribution in [3.63, 3.8) is 0 Å². The summed E-state index contributed by atoms with van der Waals surface area (Å²) in [6, 6.07) is 0.476. The van der Waals surface area contributed by atoms with Gasteiger partial charge in [-0.3, -0.25) is 9.69 Å². The summed E-state index contributed by atoms with van der Waals surface area (Å²) in [4.78, 5) is 18.7. The third-order valence-corrected chi connectivity index (χ3v) is 4.09. The van der Waals surface area contributed by atoms with Gasteiger partial charge in [0.05, 0.1) is 12.1 Å². The molecule has 1 saturated heterocycles. The number of nitrogens with zero attached hydrogens (tertiary/aromatic N) is 1. The lowest BCUT2D eigenvalue weighted by molar-refractivity contribution is -0.121. The molecular formula is C14H24N2O2. The molecule has 18 heavy (non-hydrogen) atoms. The van der Waals surface area contributed by atoms with E-state index in [2.05, 4.69) is 30.3 Å². The molecule has 4 heteroatoms. The molecule has 4 nitrogen and oxygen atoms in total. The molecule has 102 valence electrons. The molecule has 0 aromatic heterocycles. The van der Waals surface area contributed by atoms with Crippen LogP contribution in [-0.2, 0) is 9.63 Å². The summed E-state index contributed by atoms with van der Waals surface area (Å²) >= 11 is 0. The van der Waals surface area contributed by atoms with Crippen molar-refractivity contribution in [1.29, 1.82) is 0 Å². The second-order valence-corrected chi connectivity index (χ2v) is 5.04. The summed E-state index contributed by atoms with van der Waals surface area (Å²) in [6.07, 6.45) is 10.2. The Kier molecular flexibility index (Phi) is 5.64. The number of hydrogen-bond acceptors (Lipinski definition) is 4. The molecule has 0 bridgehead atoms. The van der Waals surface area contributed by atoms with Crippen LogP contribution < -0.4 is 5.48 Å². The molecule has 0 spiro atoms. The van der Waals surface area contributed by atoms with E-state index in [4.69, 9.17) is 11.3 Å². The molecule has 0 radical (unpaired) electrons. The Bertz CT molecular complexity index is 324. The fraction of sp³-hybridized carbons (Fsp3) is 0.786. The van der Waals surface area contributed by atoms with Crippen LogP contribution >= 0.6 is 0 Å². The first-order valence-corrected chi connectivity index (χ1v) is 6.66. The number of likely N-dealkylation sites (N-methyl/N-ethyl adjacent to an activating group) is 1. The molecule has 1 heterocycles. The van der Waals surface area contributed by atoms with Gasteiger partial charge in [-0.25, -0.2) is 0 Å². The number of rotatable bonds is 6. The number of hydrogen-bond donors (Lipinski definition) is 1. The summed E-state index contributed by atoms with van der Waals surface area (Å²) < 4.78 is 0. The van der Waals surface area contributed by atoms with E-state index in [-0.39, 0.29) is 17.9 Å². The van der Waals surface area contributed by atoms with E-state index in [1.807, 2.05) is 7.05 Å². The monoisotopic (exact) mass is 252 g/mol. The highest BCUT2D eigenvalue weighted by Gasteiger charge is 2.43. The van der Waals surface area contributed by atoms with Crippen molar-refractivity contribution in [1.82, 2.24) is 10.4 Å². The van der Waals surface area contributed by atoms with E-state index < -0.39 is 0 Å². The Morgan fingerprint density at radius 3 is 2.72 bits per heavy atom. The molecule has 0 amide bonds. The van der Waals surface area contributed by atoms with Gasteiger partial charge in [-0.2, -0.15) is 0 Å². The van der Waals surface area contributed by atoms with Crippen molar-refractivity contribution in [3.05, 3.63) is 0 Å². The van der Waals surface area contributed by atoms with E-state index >= 15 is 0 Å². The molecule has 0 saturated carbocycles. The van der Waals surface area contributed by atoms with Crippen LogP contribution in [0.2, 0.25) is 0 Å². The number of nitrogens with one attached hydrogen (secondary N) is 1. The minimum Gasteiger partial charge on any atom is -0.356 e. The van der Waals surface area contributed by atoms with E-state index in [9.17, 15) is 4.79 Å². The Morgan fingerprint density at radius 2 is 2.28 bits per heavy atom. The fourth-order valence-corrected chi connectivity index (χ4v) is 3.11. The molecule has 0 aromatic carbocycles. The minimum absolute atomic E-state index is 0.0293. The summed E-state index contributed by atoms with van der Waals surface area (Å²) in [5.41, 5.74) is 2.93. The van der Waals surface area contributed by atoms with Crippen molar-refractivity contribution in [2.75, 3.05) is 7.05 Å². The lowest BCUT2D eigenvalue weighted by Gasteiger charge is -2.32. The minimum atomic E-state index is 0.0293. The lowest BCUT2D eigenvalue weighted by atomic mass is 9.90. The van der Waals surface area contributed by atoms with Crippen LogP contribution in [0.5, 0.6) is 0 Å². The second kappa shape index (κ2) is 6.77. The quantitative estimate of drug-likeness (QED) is 0.575. The summed E-state index contributed by atoms with van der Waals surface area (Å²) in [7, 11) is 2.02. The van der Waals surface area contributed by atoms with Crippen LogP contribution in [-0.4, -0.2) is 35.9 Å². The van der Waals surface area contributed by atoms with Gasteiger partial charge in [0.1, 0.15) is 11.9 Å². The molecule has 0 aromatic rings. The molecule has 1 fully saturated rings. The van der Waals surface area contributed by atoms with Crippen LogP contribution in [0.25, 0.3) is 0 Å². The van der Waals surface area contributed by atoms with Crippen LogP contribution in [0.4, 0.5) is 0 Å². The van der Waals surface area contributed by atoms with Gasteiger partial charge in [-0.15, -0.1) is 5.48 Å². The van der Waals surface area contributed by atoms with Gasteiger partial charge in [-0.05, 0) is 32.7 Å². The number of carbonyl (C=O) groups is 1. The second-order valence-electron chi connectivity index (χ2n) is 5.04. The van der Waals surface area contributed by atoms with E-state index in [1.165, 1.54) is 0 Å². The van der Waals surface area contributed by atoms with Gasteiger partial charge >= 0.3 is 0 Å². The number of Topliss-reactive ketones (excluding diaryl/α,β-unsaturated/α-hetero) is 1. The zero-order valence-corrected chi connectivity index (χ0v) is 11.8. The van der Waals surface area contributed by atoms with Crippen molar-refractivity contribution in [2.45, 2.75) is 58.2 Å². The highest BCUT2D eigenvalue weighted by molar-refractivity contribution is 5.81. The third kappa shape index (κ3) is 3.04. The lowest BCUT2D eigenvalue weighted by Crippen LogP contribution is -2.50. The van der Waals surface area contributed by atoms with Gasteiger partial charge in [0.2, 0.25) is 0 Å². The first-order chi connectivity index (χ1) is 8.56. The molecule has 1 N–H and O–H groups in total. The predicted octanol–water partition coefficient (Wildman–Crippen LogP) is 1.56. The van der Waals surface area contributed by atoms with Crippen LogP contribution in [0.3, 0.4) is 0 Å². The predicted molar refractivity (Wildman–Crippen MR) is 71.6 cm³/mol. The van der Waals surface area contributed by atoms with Crippen molar-refractivity contribution < 1.29 is 9.63 Å². The number of terminal acetylenes is 1. The first kappa shape index (κ1) is 15.0. The van der Waals surface area contributed by atoms with Crippen molar-refractivity contribution >= 4 is 5.78 Å². The third-order valence-electron chi connectivity index (χ3n) is 4.09. The standard InChI is InChI=1S/C14H24N2O2/c1-6-11-9-13(10(4)17)16(5)14(11)12(7-2)15-18-8-3/h3,11-15H,6-7,9H2,1-2,4-5H3. The molecule has 4 atom stereocenters. The number of hydroxylamine groups is 1.